The molecule has 1 saturated heterocycles. The van der Waals surface area contributed by atoms with Crippen LogP contribution in [0.4, 0.5) is 0 Å². The number of aryl methyl sites for hydroxylation is 1. The largest absolute Gasteiger partial charge is 0.316 e. The van der Waals surface area contributed by atoms with Gasteiger partial charge in [-0.15, -0.1) is 0 Å². The van der Waals surface area contributed by atoms with Crippen molar-refractivity contribution in [3.8, 4) is 5.69 Å². The van der Waals surface area contributed by atoms with Crippen LogP contribution in [0.25, 0.3) is 5.69 Å². The molecule has 3 nitrogen and oxygen atoms in total. The molecule has 0 bridgehead atoms. The van der Waals surface area contributed by atoms with Crippen molar-refractivity contribution in [2.24, 2.45) is 0 Å². The van der Waals surface area contributed by atoms with E-state index in [2.05, 4.69) is 27.0 Å². The van der Waals surface area contributed by atoms with E-state index in [1.54, 1.807) is 0 Å². The second kappa shape index (κ2) is 4.75. The Hall–Kier alpha value is -1.32. The van der Waals surface area contributed by atoms with Gasteiger partial charge >= 0.3 is 0 Å². The third-order valence-electron chi connectivity index (χ3n) is 3.51. The Morgan fingerprint density at radius 1 is 1.44 bits per heavy atom. The lowest BCUT2D eigenvalue weighted by Crippen LogP contribution is -2.10. The van der Waals surface area contributed by atoms with Crippen LogP contribution in [0.5, 0.6) is 0 Å². The van der Waals surface area contributed by atoms with Crippen molar-refractivity contribution >= 4 is 11.6 Å². The van der Waals surface area contributed by atoms with Crippen molar-refractivity contribution in [3.05, 3.63) is 47.0 Å². The van der Waals surface area contributed by atoms with Crippen LogP contribution >= 0.6 is 11.6 Å². The lowest BCUT2D eigenvalue weighted by molar-refractivity contribution is 0.714. The van der Waals surface area contributed by atoms with Crippen LogP contribution in [0.1, 0.15) is 23.6 Å². The zero-order chi connectivity index (χ0) is 12.5. The number of hydrogen-bond acceptors (Lipinski definition) is 2. The molecular formula is C14H16ClN3. The molecular weight excluding hydrogens is 246 g/mol. The molecule has 1 aromatic carbocycles. The third-order valence-corrected chi connectivity index (χ3v) is 3.81. The molecule has 1 aliphatic rings. The van der Waals surface area contributed by atoms with Gasteiger partial charge in [0.05, 0.1) is 17.0 Å². The second-order valence-corrected chi connectivity index (χ2v) is 5.24. The van der Waals surface area contributed by atoms with E-state index in [-0.39, 0.29) is 0 Å². The zero-order valence-corrected chi connectivity index (χ0v) is 11.1. The first-order chi connectivity index (χ1) is 8.75. The van der Waals surface area contributed by atoms with Crippen LogP contribution < -0.4 is 5.32 Å². The number of aromatic nitrogens is 2. The number of nitrogens with zero attached hydrogens (tertiary/aromatic N) is 2. The molecule has 1 atom stereocenters. The summed E-state index contributed by atoms with van der Waals surface area (Å²) in [6.45, 7) is 4.15. The van der Waals surface area contributed by atoms with E-state index < -0.39 is 0 Å². The van der Waals surface area contributed by atoms with Crippen molar-refractivity contribution in [2.45, 2.75) is 19.3 Å². The molecule has 94 valence electrons. The van der Waals surface area contributed by atoms with Gasteiger partial charge in [-0.25, -0.2) is 4.98 Å². The van der Waals surface area contributed by atoms with Crippen LogP contribution in [-0.2, 0) is 0 Å². The van der Waals surface area contributed by atoms with E-state index >= 15 is 0 Å². The van der Waals surface area contributed by atoms with E-state index in [9.17, 15) is 0 Å². The smallest absolute Gasteiger partial charge is 0.0994 e. The fourth-order valence-electron chi connectivity index (χ4n) is 2.52. The van der Waals surface area contributed by atoms with Crippen LogP contribution in [0, 0.1) is 6.92 Å². The summed E-state index contributed by atoms with van der Waals surface area (Å²) >= 11 is 6.34. The monoisotopic (exact) mass is 261 g/mol. The molecule has 2 aromatic rings. The predicted octanol–water partition coefficient (Wildman–Crippen LogP) is 2.91. The van der Waals surface area contributed by atoms with Crippen LogP contribution in [0.3, 0.4) is 0 Å². The maximum Gasteiger partial charge on any atom is 0.0994 e. The Morgan fingerprint density at radius 2 is 2.33 bits per heavy atom. The van der Waals surface area contributed by atoms with Gasteiger partial charge in [0.15, 0.2) is 0 Å². The minimum absolute atomic E-state index is 0.532. The molecule has 1 unspecified atom stereocenters. The molecule has 3 rings (SSSR count). The molecule has 0 aliphatic carbocycles. The minimum Gasteiger partial charge on any atom is -0.316 e. The van der Waals surface area contributed by atoms with E-state index in [1.807, 2.05) is 25.5 Å². The second-order valence-electron chi connectivity index (χ2n) is 4.83. The number of hydrogen-bond donors (Lipinski definition) is 1. The Bertz CT molecular complexity index is 556. The van der Waals surface area contributed by atoms with Gasteiger partial charge in [-0.1, -0.05) is 17.7 Å². The van der Waals surface area contributed by atoms with E-state index in [4.69, 9.17) is 11.6 Å². The van der Waals surface area contributed by atoms with Gasteiger partial charge in [0, 0.05) is 24.4 Å². The molecule has 1 fully saturated rings. The van der Waals surface area contributed by atoms with Gasteiger partial charge in [0.1, 0.15) is 0 Å². The van der Waals surface area contributed by atoms with E-state index in [1.165, 1.54) is 11.3 Å². The summed E-state index contributed by atoms with van der Waals surface area (Å²) in [5.41, 5.74) is 3.43. The topological polar surface area (TPSA) is 29.9 Å². The maximum absolute atomic E-state index is 6.34. The molecule has 0 amide bonds. The zero-order valence-electron chi connectivity index (χ0n) is 10.4. The lowest BCUT2D eigenvalue weighted by Gasteiger charge is -2.14. The van der Waals surface area contributed by atoms with Crippen molar-refractivity contribution in [1.29, 1.82) is 0 Å². The molecule has 1 aromatic heterocycles. The SMILES string of the molecule is Cc1ccc(-n2cncc2C2CCNC2)c(Cl)c1. The highest BCUT2D eigenvalue weighted by molar-refractivity contribution is 6.32. The quantitative estimate of drug-likeness (QED) is 0.901. The molecule has 0 spiro atoms. The summed E-state index contributed by atoms with van der Waals surface area (Å²) in [6.07, 6.45) is 4.97. The third kappa shape index (κ3) is 2.04. The summed E-state index contributed by atoms with van der Waals surface area (Å²) in [7, 11) is 0. The molecule has 18 heavy (non-hydrogen) atoms. The van der Waals surface area contributed by atoms with E-state index in [0.29, 0.717) is 5.92 Å². The number of nitrogens with one attached hydrogen (secondary N) is 1. The number of halogens is 1. The Kier molecular flexibility index (Phi) is 3.10. The molecule has 0 saturated carbocycles. The van der Waals surface area contributed by atoms with Gasteiger partial charge in [-0.2, -0.15) is 0 Å². The molecule has 0 radical (unpaired) electrons. The number of rotatable bonds is 2. The van der Waals surface area contributed by atoms with Crippen molar-refractivity contribution in [2.75, 3.05) is 13.1 Å². The molecule has 1 N–H and O–H groups in total. The van der Waals surface area contributed by atoms with E-state index in [0.717, 1.165) is 30.2 Å². The van der Waals surface area contributed by atoms with Crippen molar-refractivity contribution in [3.63, 3.8) is 0 Å². The highest BCUT2D eigenvalue weighted by Gasteiger charge is 2.21. The minimum atomic E-state index is 0.532. The van der Waals surface area contributed by atoms with Gasteiger partial charge in [0.2, 0.25) is 0 Å². The predicted molar refractivity (Wildman–Crippen MR) is 73.5 cm³/mol. The Labute approximate surface area is 112 Å². The lowest BCUT2D eigenvalue weighted by atomic mass is 10.1. The number of benzene rings is 1. The first kappa shape index (κ1) is 11.8. The standard InChI is InChI=1S/C14H16ClN3/c1-10-2-3-13(12(15)6-10)18-9-17-8-14(18)11-4-5-16-7-11/h2-3,6,8-9,11,16H,4-5,7H2,1H3. The Balaban J connectivity index is 2.03. The van der Waals surface area contributed by atoms with Gasteiger partial charge in [-0.05, 0) is 37.6 Å². The Morgan fingerprint density at radius 3 is 3.06 bits per heavy atom. The first-order valence-corrected chi connectivity index (χ1v) is 6.63. The fraction of sp³-hybridized carbons (Fsp3) is 0.357. The number of imidazole rings is 1. The van der Waals surface area contributed by atoms with Crippen molar-refractivity contribution in [1.82, 2.24) is 14.9 Å². The highest BCUT2D eigenvalue weighted by atomic mass is 35.5. The van der Waals surface area contributed by atoms with Crippen LogP contribution in [0.2, 0.25) is 5.02 Å². The van der Waals surface area contributed by atoms with Crippen molar-refractivity contribution < 1.29 is 0 Å². The average molecular weight is 262 g/mol. The molecule has 4 heteroatoms. The van der Waals surface area contributed by atoms with Gasteiger partial charge in [0.25, 0.3) is 0 Å². The summed E-state index contributed by atoms with van der Waals surface area (Å²) in [5.74, 6) is 0.532. The van der Waals surface area contributed by atoms with Crippen LogP contribution in [-0.4, -0.2) is 22.6 Å². The molecule has 1 aliphatic heterocycles. The average Bonchev–Trinajstić information content (AvgIpc) is 2.98. The summed E-state index contributed by atoms with van der Waals surface area (Å²) < 4.78 is 2.11. The van der Waals surface area contributed by atoms with Crippen LogP contribution in [0.15, 0.2) is 30.7 Å². The maximum atomic E-state index is 6.34. The normalized spacial score (nSPS) is 19.3. The fourth-order valence-corrected chi connectivity index (χ4v) is 2.85. The summed E-state index contributed by atoms with van der Waals surface area (Å²) in [5, 5.41) is 4.17. The van der Waals surface area contributed by atoms with Gasteiger partial charge in [-0.3, -0.25) is 0 Å². The first-order valence-electron chi connectivity index (χ1n) is 6.25. The summed E-state index contributed by atoms with van der Waals surface area (Å²) in [4.78, 5) is 4.28. The molecule has 2 heterocycles. The van der Waals surface area contributed by atoms with Gasteiger partial charge < -0.3 is 9.88 Å². The summed E-state index contributed by atoms with van der Waals surface area (Å²) in [6, 6.07) is 6.14. The highest BCUT2D eigenvalue weighted by Crippen LogP contribution is 2.28.